The fourth-order valence-electron chi connectivity index (χ4n) is 1.62. The molecule has 0 heterocycles. The van der Waals surface area contributed by atoms with Crippen LogP contribution >= 0.6 is 15.9 Å². The molecule has 2 atom stereocenters. The molecule has 2 unspecified atom stereocenters. The van der Waals surface area contributed by atoms with Gasteiger partial charge in [-0.2, -0.15) is 0 Å². The maximum atomic E-state index is 13.3. The van der Waals surface area contributed by atoms with E-state index in [0.717, 1.165) is 0 Å². The average molecular weight is 290 g/mol. The highest BCUT2D eigenvalue weighted by atomic mass is 79.9. The van der Waals surface area contributed by atoms with Crippen molar-refractivity contribution in [3.8, 4) is 0 Å². The van der Waals surface area contributed by atoms with E-state index in [4.69, 9.17) is 5.73 Å². The molecule has 0 saturated heterocycles. The number of hydrogen-bond acceptors (Lipinski definition) is 2. The molecule has 0 saturated carbocycles. The number of aliphatic hydroxyl groups excluding tert-OH is 1. The summed E-state index contributed by atoms with van der Waals surface area (Å²) in [6.45, 7) is 4.07. The van der Waals surface area contributed by atoms with Crippen molar-refractivity contribution in [3.05, 3.63) is 34.1 Å². The normalized spacial score (nSPS) is 15.2. The zero-order valence-corrected chi connectivity index (χ0v) is 11.0. The number of rotatable bonds is 4. The Bertz CT molecular complexity index is 357. The molecule has 16 heavy (non-hydrogen) atoms. The molecule has 4 heteroatoms. The fourth-order valence-corrected chi connectivity index (χ4v) is 1.86. The van der Waals surface area contributed by atoms with Crippen molar-refractivity contribution >= 4 is 15.9 Å². The summed E-state index contributed by atoms with van der Waals surface area (Å²) in [6, 6.07) is 4.21. The third-order valence-corrected chi connectivity index (χ3v) is 3.08. The van der Waals surface area contributed by atoms with Crippen LogP contribution < -0.4 is 5.73 Å². The van der Waals surface area contributed by atoms with Crippen LogP contribution in [0.25, 0.3) is 0 Å². The van der Waals surface area contributed by atoms with E-state index in [1.807, 2.05) is 13.8 Å². The van der Waals surface area contributed by atoms with Crippen molar-refractivity contribution in [1.29, 1.82) is 0 Å². The Morgan fingerprint density at radius 2 is 2.06 bits per heavy atom. The lowest BCUT2D eigenvalue weighted by Crippen LogP contribution is -2.29. The molecule has 0 spiro atoms. The van der Waals surface area contributed by atoms with Crippen molar-refractivity contribution in [2.45, 2.75) is 32.4 Å². The molecule has 0 aromatic heterocycles. The van der Waals surface area contributed by atoms with E-state index in [0.29, 0.717) is 22.4 Å². The standard InChI is InChI=1S/C12H17BrFNO/c1-7(2)5-11(15)12(16)8-3-4-9(13)10(14)6-8/h3-4,6-7,11-12,16H,5,15H2,1-2H3. The quantitative estimate of drug-likeness (QED) is 0.895. The fraction of sp³-hybridized carbons (Fsp3) is 0.500. The van der Waals surface area contributed by atoms with Crippen molar-refractivity contribution in [3.63, 3.8) is 0 Å². The molecule has 2 nitrogen and oxygen atoms in total. The van der Waals surface area contributed by atoms with Gasteiger partial charge in [-0.15, -0.1) is 0 Å². The molecular weight excluding hydrogens is 273 g/mol. The van der Waals surface area contributed by atoms with E-state index in [2.05, 4.69) is 15.9 Å². The SMILES string of the molecule is CC(C)CC(N)C(O)c1ccc(Br)c(F)c1. The Morgan fingerprint density at radius 3 is 2.56 bits per heavy atom. The first-order valence-electron chi connectivity index (χ1n) is 5.30. The summed E-state index contributed by atoms with van der Waals surface area (Å²) in [4.78, 5) is 0. The van der Waals surface area contributed by atoms with E-state index in [-0.39, 0.29) is 11.9 Å². The summed E-state index contributed by atoms with van der Waals surface area (Å²) in [6.07, 6.45) is -0.108. The minimum atomic E-state index is -0.815. The summed E-state index contributed by atoms with van der Waals surface area (Å²) in [5, 5.41) is 9.95. The van der Waals surface area contributed by atoms with Gasteiger partial charge >= 0.3 is 0 Å². The first kappa shape index (κ1) is 13.6. The maximum Gasteiger partial charge on any atom is 0.137 e. The second-order valence-electron chi connectivity index (χ2n) is 4.41. The Hall–Kier alpha value is -0.450. The van der Waals surface area contributed by atoms with Gasteiger partial charge in [0.25, 0.3) is 0 Å². The third kappa shape index (κ3) is 3.54. The first-order valence-corrected chi connectivity index (χ1v) is 6.09. The van der Waals surface area contributed by atoms with Gasteiger partial charge in [0.15, 0.2) is 0 Å². The van der Waals surface area contributed by atoms with Gasteiger partial charge in [0.05, 0.1) is 10.6 Å². The summed E-state index contributed by atoms with van der Waals surface area (Å²) >= 11 is 3.07. The topological polar surface area (TPSA) is 46.2 Å². The van der Waals surface area contributed by atoms with Crippen LogP contribution in [0.15, 0.2) is 22.7 Å². The highest BCUT2D eigenvalue weighted by Gasteiger charge is 2.18. The monoisotopic (exact) mass is 289 g/mol. The van der Waals surface area contributed by atoms with Crippen LogP contribution in [-0.2, 0) is 0 Å². The molecule has 0 radical (unpaired) electrons. The highest BCUT2D eigenvalue weighted by Crippen LogP contribution is 2.24. The van der Waals surface area contributed by atoms with Crippen molar-refractivity contribution in [2.75, 3.05) is 0 Å². The molecule has 0 fully saturated rings. The molecule has 3 N–H and O–H groups in total. The number of nitrogens with two attached hydrogens (primary N) is 1. The molecule has 1 aromatic carbocycles. The minimum absolute atomic E-state index is 0.361. The van der Waals surface area contributed by atoms with Crippen LogP contribution in [0.5, 0.6) is 0 Å². The Kier molecular flexibility index (Phi) is 4.89. The van der Waals surface area contributed by atoms with Gasteiger partial charge in [-0.1, -0.05) is 19.9 Å². The predicted molar refractivity (Wildman–Crippen MR) is 66.5 cm³/mol. The molecule has 1 aromatic rings. The van der Waals surface area contributed by atoms with Crippen molar-refractivity contribution < 1.29 is 9.50 Å². The molecule has 1 rings (SSSR count). The molecule has 90 valence electrons. The second-order valence-corrected chi connectivity index (χ2v) is 5.27. The van der Waals surface area contributed by atoms with Gasteiger partial charge in [0.1, 0.15) is 5.82 Å². The van der Waals surface area contributed by atoms with Gasteiger partial charge in [-0.05, 0) is 46.0 Å². The second kappa shape index (κ2) is 5.75. The molecule has 0 amide bonds. The minimum Gasteiger partial charge on any atom is -0.387 e. The van der Waals surface area contributed by atoms with Crippen LogP contribution in [0.3, 0.4) is 0 Å². The van der Waals surface area contributed by atoms with Gasteiger partial charge in [-0.3, -0.25) is 0 Å². The smallest absolute Gasteiger partial charge is 0.137 e. The molecule has 0 aliphatic rings. The molecule has 0 bridgehead atoms. The number of aliphatic hydroxyl groups is 1. The maximum absolute atomic E-state index is 13.3. The first-order chi connectivity index (χ1) is 7.41. The van der Waals surface area contributed by atoms with Gasteiger partial charge in [-0.25, -0.2) is 4.39 Å². The lowest BCUT2D eigenvalue weighted by Gasteiger charge is -2.21. The van der Waals surface area contributed by atoms with E-state index >= 15 is 0 Å². The summed E-state index contributed by atoms with van der Waals surface area (Å²) < 4.78 is 13.7. The lowest BCUT2D eigenvalue weighted by molar-refractivity contribution is 0.135. The molecular formula is C12H17BrFNO. The van der Waals surface area contributed by atoms with E-state index in [1.165, 1.54) is 6.07 Å². The number of hydrogen-bond donors (Lipinski definition) is 2. The van der Waals surface area contributed by atoms with Crippen LogP contribution in [-0.4, -0.2) is 11.1 Å². The highest BCUT2D eigenvalue weighted by molar-refractivity contribution is 9.10. The van der Waals surface area contributed by atoms with Gasteiger partial charge in [0.2, 0.25) is 0 Å². The number of benzene rings is 1. The molecule has 0 aliphatic heterocycles. The summed E-state index contributed by atoms with van der Waals surface area (Å²) in [7, 11) is 0. The van der Waals surface area contributed by atoms with Gasteiger partial charge < -0.3 is 10.8 Å². The predicted octanol–water partition coefficient (Wildman–Crippen LogP) is 3.00. The third-order valence-electron chi connectivity index (χ3n) is 2.43. The van der Waals surface area contributed by atoms with Crippen LogP contribution in [0.2, 0.25) is 0 Å². The van der Waals surface area contributed by atoms with Crippen molar-refractivity contribution in [2.24, 2.45) is 11.7 Å². The summed E-state index contributed by atoms with van der Waals surface area (Å²) in [5.74, 6) is 0.0262. The van der Waals surface area contributed by atoms with E-state index in [1.54, 1.807) is 12.1 Å². The van der Waals surface area contributed by atoms with Crippen LogP contribution in [0.1, 0.15) is 31.9 Å². The Labute approximate surface area is 104 Å². The number of halogens is 2. The van der Waals surface area contributed by atoms with Crippen molar-refractivity contribution in [1.82, 2.24) is 0 Å². The van der Waals surface area contributed by atoms with Crippen LogP contribution in [0, 0.1) is 11.7 Å². The zero-order valence-electron chi connectivity index (χ0n) is 9.45. The largest absolute Gasteiger partial charge is 0.387 e. The summed E-state index contributed by atoms with van der Waals surface area (Å²) in [5.41, 5.74) is 6.38. The lowest BCUT2D eigenvalue weighted by atomic mass is 9.95. The van der Waals surface area contributed by atoms with E-state index < -0.39 is 6.10 Å². The van der Waals surface area contributed by atoms with Crippen LogP contribution in [0.4, 0.5) is 4.39 Å². The average Bonchev–Trinajstić information content (AvgIpc) is 2.20. The van der Waals surface area contributed by atoms with Gasteiger partial charge in [0, 0.05) is 6.04 Å². The van der Waals surface area contributed by atoms with E-state index in [9.17, 15) is 9.50 Å². The molecule has 0 aliphatic carbocycles. The zero-order chi connectivity index (χ0) is 12.3. The Balaban J connectivity index is 2.79. The Morgan fingerprint density at radius 1 is 1.44 bits per heavy atom.